The van der Waals surface area contributed by atoms with Gasteiger partial charge in [0.15, 0.2) is 0 Å². The molecule has 8 nitrogen and oxygen atoms in total. The average Bonchev–Trinajstić information content (AvgIpc) is 3.14. The first-order chi connectivity index (χ1) is 14.4. The van der Waals surface area contributed by atoms with E-state index in [2.05, 4.69) is 10.3 Å². The van der Waals surface area contributed by atoms with Gasteiger partial charge in [0, 0.05) is 17.1 Å². The number of fused-ring (bicyclic) bond motifs is 1. The number of nitrogens with two attached hydrogens (primary N) is 1. The minimum Gasteiger partial charge on any atom is -0.481 e. The van der Waals surface area contributed by atoms with Crippen LogP contribution in [-0.4, -0.2) is 40.0 Å². The number of nitrogens with one attached hydrogen (secondary N) is 2. The molecule has 0 aliphatic rings. The zero-order valence-corrected chi connectivity index (χ0v) is 16.2. The summed E-state index contributed by atoms with van der Waals surface area (Å²) in [4.78, 5) is 39.1. The van der Waals surface area contributed by atoms with Crippen LogP contribution in [0.3, 0.4) is 0 Å². The number of aromatic nitrogens is 1. The van der Waals surface area contributed by atoms with Gasteiger partial charge in [0.2, 0.25) is 5.91 Å². The van der Waals surface area contributed by atoms with Crippen molar-refractivity contribution in [2.75, 3.05) is 0 Å². The van der Waals surface area contributed by atoms with E-state index in [0.29, 0.717) is 0 Å². The van der Waals surface area contributed by atoms with Crippen LogP contribution in [0.25, 0.3) is 10.9 Å². The molecule has 0 saturated carbocycles. The van der Waals surface area contributed by atoms with Gasteiger partial charge < -0.3 is 25.9 Å². The van der Waals surface area contributed by atoms with Gasteiger partial charge in [-0.2, -0.15) is 0 Å². The van der Waals surface area contributed by atoms with E-state index in [0.717, 1.165) is 22.0 Å². The molecule has 1 aromatic heterocycles. The van der Waals surface area contributed by atoms with E-state index < -0.39 is 36.4 Å². The largest absolute Gasteiger partial charge is 0.481 e. The van der Waals surface area contributed by atoms with Crippen molar-refractivity contribution in [2.24, 2.45) is 5.73 Å². The van der Waals surface area contributed by atoms with Gasteiger partial charge in [-0.15, -0.1) is 0 Å². The van der Waals surface area contributed by atoms with Gasteiger partial charge in [0.25, 0.3) is 0 Å². The van der Waals surface area contributed by atoms with Crippen LogP contribution in [0, 0.1) is 0 Å². The molecule has 5 N–H and O–H groups in total. The Bertz CT molecular complexity index is 1030. The molecule has 1 heterocycles. The van der Waals surface area contributed by atoms with E-state index in [1.54, 1.807) is 30.5 Å². The van der Waals surface area contributed by atoms with E-state index in [4.69, 9.17) is 15.6 Å². The Morgan fingerprint density at radius 3 is 2.50 bits per heavy atom. The smallest absolute Gasteiger partial charge is 0.329 e. The summed E-state index contributed by atoms with van der Waals surface area (Å²) in [6.45, 7) is -0.0208. The molecule has 3 aromatic rings. The molecule has 2 atom stereocenters. The third-order valence-electron chi connectivity index (χ3n) is 4.66. The van der Waals surface area contributed by atoms with Crippen molar-refractivity contribution in [1.82, 2.24) is 10.3 Å². The van der Waals surface area contributed by atoms with Gasteiger partial charge in [-0.05, 0) is 23.6 Å². The van der Waals surface area contributed by atoms with Gasteiger partial charge >= 0.3 is 11.9 Å². The number of para-hydroxylation sites is 1. The number of carbonyl (C=O) groups is 3. The second-order valence-electron chi connectivity index (χ2n) is 6.92. The highest BCUT2D eigenvalue weighted by atomic mass is 16.5. The van der Waals surface area contributed by atoms with Crippen molar-refractivity contribution < 1.29 is 24.2 Å². The lowest BCUT2D eigenvalue weighted by molar-refractivity contribution is -0.152. The Labute approximate surface area is 173 Å². The molecular weight excluding hydrogens is 386 g/mol. The standard InChI is InChI=1S/C22H23N3O5/c23-17(10-15-12-24-18-9-5-4-8-16(15)18)21(28)25-19(11-20(26)27)22(29)30-13-14-6-2-1-3-7-14/h1-9,12,17,19,24H,10-11,13,23H2,(H,25,28)(H,26,27)/t17-,19-/m0/s1. The van der Waals surface area contributed by atoms with Crippen molar-refractivity contribution in [3.63, 3.8) is 0 Å². The first kappa shape index (κ1) is 21.1. The van der Waals surface area contributed by atoms with Crippen molar-refractivity contribution in [3.8, 4) is 0 Å². The Kier molecular flexibility index (Phi) is 6.82. The molecule has 1 amide bonds. The van der Waals surface area contributed by atoms with E-state index >= 15 is 0 Å². The third kappa shape index (κ3) is 5.45. The number of carboxylic acid groups (broad SMARTS) is 1. The molecule has 0 spiro atoms. The zero-order valence-electron chi connectivity index (χ0n) is 16.2. The lowest BCUT2D eigenvalue weighted by Crippen LogP contribution is -2.50. The van der Waals surface area contributed by atoms with Gasteiger partial charge in [-0.25, -0.2) is 4.79 Å². The lowest BCUT2D eigenvalue weighted by Gasteiger charge is -2.19. The molecule has 2 aromatic carbocycles. The Balaban J connectivity index is 1.62. The minimum absolute atomic E-state index is 0.0208. The number of aliphatic carboxylic acids is 1. The van der Waals surface area contributed by atoms with Crippen LogP contribution in [-0.2, 0) is 32.1 Å². The molecule has 0 radical (unpaired) electrons. The summed E-state index contributed by atoms with van der Waals surface area (Å²) in [6.07, 6.45) is 1.41. The van der Waals surface area contributed by atoms with E-state index in [9.17, 15) is 14.4 Å². The van der Waals surface area contributed by atoms with Crippen LogP contribution in [0.5, 0.6) is 0 Å². The van der Waals surface area contributed by atoms with E-state index in [1.165, 1.54) is 0 Å². The van der Waals surface area contributed by atoms with E-state index in [-0.39, 0.29) is 13.0 Å². The number of hydrogen-bond donors (Lipinski definition) is 4. The second kappa shape index (κ2) is 9.71. The van der Waals surface area contributed by atoms with Gasteiger partial charge in [-0.1, -0.05) is 48.5 Å². The Morgan fingerprint density at radius 2 is 1.77 bits per heavy atom. The van der Waals surface area contributed by atoms with Crippen molar-refractivity contribution >= 4 is 28.7 Å². The molecule has 0 bridgehead atoms. The van der Waals surface area contributed by atoms with Crippen LogP contribution in [0.2, 0.25) is 0 Å². The van der Waals surface area contributed by atoms with Crippen molar-refractivity contribution in [3.05, 3.63) is 71.9 Å². The zero-order chi connectivity index (χ0) is 21.5. The number of H-pyrrole nitrogens is 1. The topological polar surface area (TPSA) is 135 Å². The monoisotopic (exact) mass is 409 g/mol. The molecule has 0 aliphatic heterocycles. The maximum atomic E-state index is 12.5. The molecule has 8 heteroatoms. The minimum atomic E-state index is -1.33. The molecule has 0 aliphatic carbocycles. The fourth-order valence-electron chi connectivity index (χ4n) is 3.11. The quantitative estimate of drug-likeness (QED) is 0.398. The molecule has 0 saturated heterocycles. The molecule has 156 valence electrons. The number of carbonyl (C=O) groups excluding carboxylic acids is 2. The number of ether oxygens (including phenoxy) is 1. The molecule has 0 unspecified atom stereocenters. The van der Waals surface area contributed by atoms with Crippen LogP contribution < -0.4 is 11.1 Å². The maximum absolute atomic E-state index is 12.5. The summed E-state index contributed by atoms with van der Waals surface area (Å²) in [6, 6.07) is 14.3. The van der Waals surface area contributed by atoms with Crippen LogP contribution in [0.4, 0.5) is 0 Å². The summed E-state index contributed by atoms with van der Waals surface area (Å²) < 4.78 is 5.17. The highest BCUT2D eigenvalue weighted by molar-refractivity contribution is 5.90. The van der Waals surface area contributed by atoms with Crippen molar-refractivity contribution in [1.29, 1.82) is 0 Å². The summed E-state index contributed by atoms with van der Waals surface area (Å²) in [5.74, 6) is -2.68. The first-order valence-corrected chi connectivity index (χ1v) is 9.47. The molecule has 0 fully saturated rings. The first-order valence-electron chi connectivity index (χ1n) is 9.47. The molecular formula is C22H23N3O5. The van der Waals surface area contributed by atoms with Crippen LogP contribution in [0.1, 0.15) is 17.5 Å². The second-order valence-corrected chi connectivity index (χ2v) is 6.92. The molecule has 3 rings (SSSR count). The number of aromatic amines is 1. The predicted molar refractivity (Wildman–Crippen MR) is 110 cm³/mol. The lowest BCUT2D eigenvalue weighted by atomic mass is 10.0. The van der Waals surface area contributed by atoms with Crippen molar-refractivity contribution in [2.45, 2.75) is 31.5 Å². The average molecular weight is 409 g/mol. The third-order valence-corrected chi connectivity index (χ3v) is 4.66. The number of esters is 1. The highest BCUT2D eigenvalue weighted by Crippen LogP contribution is 2.18. The fourth-order valence-corrected chi connectivity index (χ4v) is 3.11. The molecule has 30 heavy (non-hydrogen) atoms. The summed E-state index contributed by atoms with van der Waals surface area (Å²) in [7, 11) is 0. The predicted octanol–water partition coefficient (Wildman–Crippen LogP) is 1.74. The van der Waals surface area contributed by atoms with Gasteiger partial charge in [0.05, 0.1) is 12.5 Å². The maximum Gasteiger partial charge on any atom is 0.329 e. The summed E-state index contributed by atoms with van der Waals surface area (Å²) in [5.41, 5.74) is 8.55. The number of hydrogen-bond acceptors (Lipinski definition) is 5. The Hall–Kier alpha value is -3.65. The number of rotatable bonds is 9. The summed E-state index contributed by atoms with van der Waals surface area (Å²) >= 11 is 0. The number of amides is 1. The van der Waals surface area contributed by atoms with Gasteiger partial charge in [-0.3, -0.25) is 9.59 Å². The van der Waals surface area contributed by atoms with Crippen LogP contribution in [0.15, 0.2) is 60.8 Å². The highest BCUT2D eigenvalue weighted by Gasteiger charge is 2.27. The fraction of sp³-hybridized carbons (Fsp3) is 0.227. The number of carboxylic acids is 1. The Morgan fingerprint density at radius 1 is 1.07 bits per heavy atom. The normalized spacial score (nSPS) is 12.8. The number of benzene rings is 2. The SMILES string of the molecule is N[C@@H](Cc1c[nH]c2ccccc12)C(=O)N[C@@H](CC(=O)O)C(=O)OCc1ccccc1. The van der Waals surface area contributed by atoms with Crippen LogP contribution >= 0.6 is 0 Å². The summed E-state index contributed by atoms with van der Waals surface area (Å²) in [5, 5.41) is 12.5. The van der Waals surface area contributed by atoms with Gasteiger partial charge in [0.1, 0.15) is 12.6 Å². The van der Waals surface area contributed by atoms with E-state index in [1.807, 2.05) is 30.3 Å².